The Morgan fingerprint density at radius 3 is 2.74 bits per heavy atom. The number of nitrogens with zero attached hydrogens (tertiary/aromatic N) is 2. The number of nitro groups is 1. The Bertz CT molecular complexity index is 954. The van der Waals surface area contributed by atoms with Gasteiger partial charge in [0.15, 0.2) is 5.13 Å². The van der Waals surface area contributed by atoms with Crippen LogP contribution in [0.25, 0.3) is 11.3 Å². The summed E-state index contributed by atoms with van der Waals surface area (Å²) in [5.74, 6) is 0.644. The van der Waals surface area contributed by atoms with Crippen LogP contribution in [0.2, 0.25) is 0 Å². The van der Waals surface area contributed by atoms with Crippen LogP contribution in [0.15, 0.2) is 53.9 Å². The summed E-state index contributed by atoms with van der Waals surface area (Å²) in [4.78, 5) is 26.9. The standard InChI is InChI=1S/C19H17N3O4S/c1-26-16-8-5-13(6-9-16)7-10-18(23)21-19-20-17(12-27-19)14-3-2-4-15(11-14)22(24)25/h2-6,8-9,11-12H,7,10H2,1H3,(H,20,21,23). The van der Waals surface area contributed by atoms with Crippen molar-refractivity contribution in [3.05, 3.63) is 69.6 Å². The number of benzene rings is 2. The first kappa shape index (κ1) is 18.5. The van der Waals surface area contributed by atoms with E-state index in [9.17, 15) is 14.9 Å². The van der Waals surface area contributed by atoms with E-state index >= 15 is 0 Å². The van der Waals surface area contributed by atoms with Crippen LogP contribution < -0.4 is 10.1 Å². The van der Waals surface area contributed by atoms with Gasteiger partial charge in [0.25, 0.3) is 5.69 Å². The number of non-ortho nitro benzene ring substituents is 1. The second-order valence-corrected chi connectivity index (χ2v) is 6.60. The van der Waals surface area contributed by atoms with Crippen LogP contribution in [-0.2, 0) is 11.2 Å². The number of aromatic nitrogens is 1. The smallest absolute Gasteiger partial charge is 0.270 e. The molecule has 1 heterocycles. The van der Waals surface area contributed by atoms with E-state index in [0.29, 0.717) is 29.2 Å². The number of hydrogen-bond donors (Lipinski definition) is 1. The first-order valence-corrected chi connectivity index (χ1v) is 9.06. The first-order valence-electron chi connectivity index (χ1n) is 8.18. The topological polar surface area (TPSA) is 94.4 Å². The third kappa shape index (κ3) is 4.89. The molecular formula is C19H17N3O4S. The van der Waals surface area contributed by atoms with E-state index in [2.05, 4.69) is 10.3 Å². The van der Waals surface area contributed by atoms with E-state index < -0.39 is 4.92 Å². The van der Waals surface area contributed by atoms with Crippen LogP contribution in [0.3, 0.4) is 0 Å². The molecule has 1 aromatic heterocycles. The Morgan fingerprint density at radius 1 is 1.26 bits per heavy atom. The molecule has 0 aliphatic carbocycles. The molecule has 0 aliphatic rings. The lowest BCUT2D eigenvalue weighted by Crippen LogP contribution is -2.12. The average Bonchev–Trinajstić information content (AvgIpc) is 3.15. The van der Waals surface area contributed by atoms with Gasteiger partial charge in [-0.3, -0.25) is 14.9 Å². The Hall–Kier alpha value is -3.26. The van der Waals surface area contributed by atoms with Crippen molar-refractivity contribution in [3.63, 3.8) is 0 Å². The van der Waals surface area contributed by atoms with Gasteiger partial charge in [-0.1, -0.05) is 24.3 Å². The van der Waals surface area contributed by atoms with Gasteiger partial charge in [0.2, 0.25) is 5.91 Å². The van der Waals surface area contributed by atoms with E-state index in [1.54, 1.807) is 24.6 Å². The summed E-state index contributed by atoms with van der Waals surface area (Å²) in [6.45, 7) is 0. The molecule has 0 unspecified atom stereocenters. The van der Waals surface area contributed by atoms with Crippen LogP contribution in [0.1, 0.15) is 12.0 Å². The molecule has 1 amide bonds. The largest absolute Gasteiger partial charge is 0.497 e. The third-order valence-electron chi connectivity index (χ3n) is 3.90. The number of aryl methyl sites for hydroxylation is 1. The fourth-order valence-corrected chi connectivity index (χ4v) is 3.21. The Balaban J connectivity index is 1.59. The van der Waals surface area contributed by atoms with E-state index in [4.69, 9.17) is 4.74 Å². The van der Waals surface area contributed by atoms with Gasteiger partial charge in [-0.25, -0.2) is 4.98 Å². The zero-order valence-corrected chi connectivity index (χ0v) is 15.4. The van der Waals surface area contributed by atoms with E-state index in [-0.39, 0.29) is 11.6 Å². The lowest BCUT2D eigenvalue weighted by Gasteiger charge is -2.04. The second-order valence-electron chi connectivity index (χ2n) is 5.74. The molecule has 27 heavy (non-hydrogen) atoms. The van der Waals surface area contributed by atoms with E-state index in [1.807, 2.05) is 24.3 Å². The highest BCUT2D eigenvalue weighted by Crippen LogP contribution is 2.27. The summed E-state index contributed by atoms with van der Waals surface area (Å²) in [5, 5.41) is 15.9. The average molecular weight is 383 g/mol. The van der Waals surface area contributed by atoms with Gasteiger partial charge in [-0.05, 0) is 24.1 Å². The number of hydrogen-bond acceptors (Lipinski definition) is 6. The maximum absolute atomic E-state index is 12.1. The van der Waals surface area contributed by atoms with Gasteiger partial charge >= 0.3 is 0 Å². The molecule has 3 aromatic rings. The molecule has 0 atom stereocenters. The molecule has 0 aliphatic heterocycles. The molecule has 0 radical (unpaired) electrons. The molecule has 0 bridgehead atoms. The normalized spacial score (nSPS) is 10.4. The monoisotopic (exact) mass is 383 g/mol. The summed E-state index contributed by atoms with van der Waals surface area (Å²) in [6, 6.07) is 13.8. The van der Waals surface area contributed by atoms with Gasteiger partial charge in [-0.2, -0.15) is 0 Å². The minimum atomic E-state index is -0.447. The van der Waals surface area contributed by atoms with Crippen LogP contribution in [-0.4, -0.2) is 22.9 Å². The van der Waals surface area contributed by atoms with Crippen LogP contribution >= 0.6 is 11.3 Å². The van der Waals surface area contributed by atoms with E-state index in [0.717, 1.165) is 11.3 Å². The Labute approximate surface area is 159 Å². The molecule has 1 N–H and O–H groups in total. The number of ether oxygens (including phenoxy) is 1. The van der Waals surface area contributed by atoms with Gasteiger partial charge in [0, 0.05) is 29.5 Å². The third-order valence-corrected chi connectivity index (χ3v) is 4.66. The molecule has 0 fully saturated rings. The molecule has 0 saturated carbocycles. The SMILES string of the molecule is COc1ccc(CCC(=O)Nc2nc(-c3cccc([N+](=O)[O-])c3)cs2)cc1. The highest BCUT2D eigenvalue weighted by atomic mass is 32.1. The molecule has 3 rings (SSSR count). The molecule has 2 aromatic carbocycles. The van der Waals surface area contributed by atoms with E-state index in [1.165, 1.54) is 23.5 Å². The lowest BCUT2D eigenvalue weighted by atomic mass is 10.1. The van der Waals surface area contributed by atoms with Crippen molar-refractivity contribution in [2.24, 2.45) is 0 Å². The Kier molecular flexibility index (Phi) is 5.77. The van der Waals surface area contributed by atoms with Gasteiger partial charge in [-0.15, -0.1) is 11.3 Å². The molecule has 0 spiro atoms. The highest BCUT2D eigenvalue weighted by Gasteiger charge is 2.11. The fraction of sp³-hybridized carbons (Fsp3) is 0.158. The highest BCUT2D eigenvalue weighted by molar-refractivity contribution is 7.14. The number of carbonyl (C=O) groups is 1. The molecule has 8 heteroatoms. The maximum Gasteiger partial charge on any atom is 0.270 e. The zero-order chi connectivity index (χ0) is 19.2. The van der Waals surface area contributed by atoms with Crippen LogP contribution in [0.4, 0.5) is 10.8 Å². The number of thiazole rings is 1. The minimum absolute atomic E-state index is 0.00516. The Morgan fingerprint density at radius 2 is 2.04 bits per heavy atom. The quantitative estimate of drug-likeness (QED) is 0.485. The van der Waals surface area contributed by atoms with Crippen molar-refractivity contribution in [1.29, 1.82) is 0 Å². The number of carbonyl (C=O) groups excluding carboxylic acids is 1. The zero-order valence-electron chi connectivity index (χ0n) is 14.5. The van der Waals surface area contributed by atoms with Crippen molar-refractivity contribution in [1.82, 2.24) is 4.98 Å². The fourth-order valence-electron chi connectivity index (χ4n) is 2.47. The maximum atomic E-state index is 12.1. The molecule has 0 saturated heterocycles. The molecular weight excluding hydrogens is 366 g/mol. The summed E-state index contributed by atoms with van der Waals surface area (Å²) >= 11 is 1.28. The first-order chi connectivity index (χ1) is 13.0. The van der Waals surface area contributed by atoms with Crippen LogP contribution in [0, 0.1) is 10.1 Å². The second kappa shape index (κ2) is 8.41. The molecule has 138 valence electrons. The summed E-state index contributed by atoms with van der Waals surface area (Å²) in [5.41, 5.74) is 2.28. The summed E-state index contributed by atoms with van der Waals surface area (Å²) in [7, 11) is 1.61. The number of anilines is 1. The van der Waals surface area contributed by atoms with Crippen molar-refractivity contribution >= 4 is 28.1 Å². The van der Waals surface area contributed by atoms with Crippen molar-refractivity contribution in [2.75, 3.05) is 12.4 Å². The summed E-state index contributed by atoms with van der Waals surface area (Å²) in [6.07, 6.45) is 0.941. The van der Waals surface area contributed by atoms with Gasteiger partial charge in [0.05, 0.1) is 17.7 Å². The van der Waals surface area contributed by atoms with Crippen LogP contribution in [0.5, 0.6) is 5.75 Å². The number of amides is 1. The van der Waals surface area contributed by atoms with Gasteiger partial charge in [0.1, 0.15) is 5.75 Å². The van der Waals surface area contributed by atoms with Crippen molar-refractivity contribution in [3.8, 4) is 17.0 Å². The minimum Gasteiger partial charge on any atom is -0.497 e. The lowest BCUT2D eigenvalue weighted by molar-refractivity contribution is -0.384. The molecule has 7 nitrogen and oxygen atoms in total. The summed E-state index contributed by atoms with van der Waals surface area (Å²) < 4.78 is 5.11. The predicted octanol–water partition coefficient (Wildman–Crippen LogP) is 4.30. The number of nitrogens with one attached hydrogen (secondary N) is 1. The number of nitro benzene ring substituents is 1. The predicted molar refractivity (Wildman–Crippen MR) is 104 cm³/mol. The number of rotatable bonds is 7. The van der Waals surface area contributed by atoms with Crippen molar-refractivity contribution in [2.45, 2.75) is 12.8 Å². The number of methoxy groups -OCH3 is 1. The van der Waals surface area contributed by atoms with Crippen molar-refractivity contribution < 1.29 is 14.5 Å². The van der Waals surface area contributed by atoms with Gasteiger partial charge < -0.3 is 10.1 Å².